The molecule has 1 aliphatic carbocycles. The first-order chi connectivity index (χ1) is 7.65. The Labute approximate surface area is 103 Å². The molecule has 0 bridgehead atoms. The first-order valence-electron chi connectivity index (χ1n) is 5.38. The number of hydrogen-bond donors (Lipinski definition) is 1. The highest BCUT2D eigenvalue weighted by molar-refractivity contribution is 9.10. The molecule has 86 valence electrons. The summed E-state index contributed by atoms with van der Waals surface area (Å²) in [6.07, 6.45) is 1.75. The Kier molecular flexibility index (Phi) is 3.49. The van der Waals surface area contributed by atoms with E-state index < -0.39 is 6.10 Å². The van der Waals surface area contributed by atoms with Gasteiger partial charge in [0.1, 0.15) is 5.75 Å². The van der Waals surface area contributed by atoms with Crippen LogP contribution in [0.5, 0.6) is 5.75 Å². The highest BCUT2D eigenvalue weighted by Crippen LogP contribution is 2.20. The van der Waals surface area contributed by atoms with E-state index in [1.54, 1.807) is 6.92 Å². The molecule has 1 unspecified atom stereocenters. The molecule has 1 amide bonds. The summed E-state index contributed by atoms with van der Waals surface area (Å²) >= 11 is 3.35. The van der Waals surface area contributed by atoms with Gasteiger partial charge >= 0.3 is 0 Å². The lowest BCUT2D eigenvalue weighted by molar-refractivity contribution is -0.127. The Morgan fingerprint density at radius 2 is 2.06 bits per heavy atom. The molecule has 1 aromatic rings. The molecule has 1 N–H and O–H groups in total. The van der Waals surface area contributed by atoms with Gasteiger partial charge in [0, 0.05) is 10.5 Å². The van der Waals surface area contributed by atoms with Gasteiger partial charge < -0.3 is 10.1 Å². The van der Waals surface area contributed by atoms with Crippen molar-refractivity contribution in [1.82, 2.24) is 5.32 Å². The molecule has 1 aliphatic rings. The van der Waals surface area contributed by atoms with Crippen molar-refractivity contribution in [3.63, 3.8) is 0 Å². The van der Waals surface area contributed by atoms with Crippen molar-refractivity contribution >= 4 is 21.8 Å². The molecular formula is C12H14BrNO2. The first kappa shape index (κ1) is 11.5. The second kappa shape index (κ2) is 4.87. The largest absolute Gasteiger partial charge is 0.481 e. The minimum absolute atomic E-state index is 0.0366. The van der Waals surface area contributed by atoms with E-state index >= 15 is 0 Å². The van der Waals surface area contributed by atoms with E-state index in [9.17, 15) is 4.79 Å². The molecule has 2 rings (SSSR count). The van der Waals surface area contributed by atoms with Crippen LogP contribution in [-0.4, -0.2) is 18.1 Å². The van der Waals surface area contributed by atoms with Gasteiger partial charge in [0.2, 0.25) is 0 Å². The molecule has 0 radical (unpaired) electrons. The Hall–Kier alpha value is -1.03. The van der Waals surface area contributed by atoms with Gasteiger partial charge in [-0.05, 0) is 44.0 Å². The fourth-order valence-corrected chi connectivity index (χ4v) is 1.58. The van der Waals surface area contributed by atoms with Crippen molar-refractivity contribution in [2.24, 2.45) is 0 Å². The van der Waals surface area contributed by atoms with Gasteiger partial charge in [-0.3, -0.25) is 4.79 Å². The summed E-state index contributed by atoms with van der Waals surface area (Å²) in [6, 6.07) is 7.83. The number of benzene rings is 1. The normalized spacial score (nSPS) is 16.6. The van der Waals surface area contributed by atoms with E-state index in [1.165, 1.54) is 0 Å². The van der Waals surface area contributed by atoms with Gasteiger partial charge in [0.15, 0.2) is 6.10 Å². The van der Waals surface area contributed by atoms with Gasteiger partial charge in [-0.1, -0.05) is 15.9 Å². The molecule has 1 fully saturated rings. The zero-order chi connectivity index (χ0) is 11.5. The molecule has 0 spiro atoms. The van der Waals surface area contributed by atoms with Crippen LogP contribution >= 0.6 is 15.9 Å². The van der Waals surface area contributed by atoms with Crippen LogP contribution in [-0.2, 0) is 4.79 Å². The Morgan fingerprint density at radius 3 is 2.62 bits per heavy atom. The van der Waals surface area contributed by atoms with E-state index in [4.69, 9.17) is 4.74 Å². The molecule has 0 aromatic heterocycles. The fourth-order valence-electron chi connectivity index (χ4n) is 1.32. The maximum Gasteiger partial charge on any atom is 0.260 e. The fraction of sp³-hybridized carbons (Fsp3) is 0.417. The van der Waals surface area contributed by atoms with Crippen molar-refractivity contribution in [2.45, 2.75) is 31.9 Å². The van der Waals surface area contributed by atoms with Crippen LogP contribution in [0.1, 0.15) is 19.8 Å². The van der Waals surface area contributed by atoms with Crippen LogP contribution in [0.25, 0.3) is 0 Å². The third kappa shape index (κ3) is 3.23. The monoisotopic (exact) mass is 283 g/mol. The summed E-state index contributed by atoms with van der Waals surface area (Å²) in [7, 11) is 0. The highest BCUT2D eigenvalue weighted by atomic mass is 79.9. The molecule has 0 heterocycles. The number of ether oxygens (including phenoxy) is 1. The second-order valence-electron chi connectivity index (χ2n) is 4.00. The molecule has 3 nitrogen and oxygen atoms in total. The molecule has 1 atom stereocenters. The maximum atomic E-state index is 11.6. The molecule has 4 heteroatoms. The minimum atomic E-state index is -0.443. The number of carbonyl (C=O) groups excluding carboxylic acids is 1. The van der Waals surface area contributed by atoms with Crippen LogP contribution < -0.4 is 10.1 Å². The van der Waals surface area contributed by atoms with Crippen LogP contribution in [0.3, 0.4) is 0 Å². The molecular weight excluding hydrogens is 270 g/mol. The van der Waals surface area contributed by atoms with E-state index in [1.807, 2.05) is 24.3 Å². The van der Waals surface area contributed by atoms with Crippen LogP contribution in [0.4, 0.5) is 0 Å². The van der Waals surface area contributed by atoms with Gasteiger partial charge in [-0.25, -0.2) is 0 Å². The van der Waals surface area contributed by atoms with Crippen molar-refractivity contribution < 1.29 is 9.53 Å². The molecule has 0 aliphatic heterocycles. The van der Waals surface area contributed by atoms with E-state index in [0.29, 0.717) is 11.8 Å². The first-order valence-corrected chi connectivity index (χ1v) is 6.17. The summed E-state index contributed by atoms with van der Waals surface area (Å²) in [5.74, 6) is 0.673. The van der Waals surface area contributed by atoms with Crippen molar-refractivity contribution in [1.29, 1.82) is 0 Å². The Balaban J connectivity index is 1.87. The van der Waals surface area contributed by atoms with Crippen LogP contribution in [0.15, 0.2) is 28.7 Å². The number of amides is 1. The zero-order valence-electron chi connectivity index (χ0n) is 9.07. The average Bonchev–Trinajstić information content (AvgIpc) is 3.05. The number of rotatable bonds is 4. The smallest absolute Gasteiger partial charge is 0.260 e. The van der Waals surface area contributed by atoms with Gasteiger partial charge in [-0.15, -0.1) is 0 Å². The van der Waals surface area contributed by atoms with Crippen molar-refractivity contribution in [3.05, 3.63) is 28.7 Å². The predicted molar refractivity (Wildman–Crippen MR) is 65.4 cm³/mol. The summed E-state index contributed by atoms with van der Waals surface area (Å²) in [6.45, 7) is 1.76. The topological polar surface area (TPSA) is 38.3 Å². The summed E-state index contributed by atoms with van der Waals surface area (Å²) in [5.41, 5.74) is 0. The number of hydrogen-bond acceptors (Lipinski definition) is 2. The third-order valence-electron chi connectivity index (χ3n) is 2.42. The Morgan fingerprint density at radius 1 is 1.44 bits per heavy atom. The number of carbonyl (C=O) groups is 1. The summed E-state index contributed by atoms with van der Waals surface area (Å²) in [5, 5.41) is 2.91. The maximum absolute atomic E-state index is 11.6. The Bertz CT molecular complexity index is 373. The molecule has 0 saturated heterocycles. The lowest BCUT2D eigenvalue weighted by Crippen LogP contribution is -2.37. The standard InChI is InChI=1S/C12H14BrNO2/c1-8(12(15)14-10-4-5-10)16-11-6-2-9(13)3-7-11/h2-3,6-8,10H,4-5H2,1H3,(H,14,15). The number of halogens is 1. The van der Waals surface area contributed by atoms with E-state index in [2.05, 4.69) is 21.2 Å². The van der Waals surface area contributed by atoms with Crippen molar-refractivity contribution in [3.8, 4) is 5.75 Å². The summed E-state index contributed by atoms with van der Waals surface area (Å²) in [4.78, 5) is 11.6. The highest BCUT2D eigenvalue weighted by Gasteiger charge is 2.26. The summed E-state index contributed by atoms with van der Waals surface area (Å²) < 4.78 is 6.52. The van der Waals surface area contributed by atoms with Gasteiger partial charge in [0.05, 0.1) is 0 Å². The van der Waals surface area contributed by atoms with Crippen LogP contribution in [0.2, 0.25) is 0 Å². The molecule has 1 aromatic carbocycles. The lowest BCUT2D eigenvalue weighted by Gasteiger charge is -2.14. The minimum Gasteiger partial charge on any atom is -0.481 e. The number of nitrogens with one attached hydrogen (secondary N) is 1. The van der Waals surface area contributed by atoms with Gasteiger partial charge in [-0.2, -0.15) is 0 Å². The average molecular weight is 284 g/mol. The predicted octanol–water partition coefficient (Wildman–Crippen LogP) is 2.50. The molecule has 1 saturated carbocycles. The van der Waals surface area contributed by atoms with E-state index in [-0.39, 0.29) is 5.91 Å². The lowest BCUT2D eigenvalue weighted by atomic mass is 10.3. The third-order valence-corrected chi connectivity index (χ3v) is 2.95. The SMILES string of the molecule is CC(Oc1ccc(Br)cc1)C(=O)NC1CC1. The molecule has 16 heavy (non-hydrogen) atoms. The van der Waals surface area contributed by atoms with Crippen molar-refractivity contribution in [2.75, 3.05) is 0 Å². The van der Waals surface area contributed by atoms with Gasteiger partial charge in [0.25, 0.3) is 5.91 Å². The quantitative estimate of drug-likeness (QED) is 0.922. The zero-order valence-corrected chi connectivity index (χ0v) is 10.7. The second-order valence-corrected chi connectivity index (χ2v) is 4.91. The van der Waals surface area contributed by atoms with Crippen LogP contribution in [0, 0.1) is 0 Å². The van der Waals surface area contributed by atoms with E-state index in [0.717, 1.165) is 17.3 Å².